The molecule has 2 saturated carbocycles. The van der Waals surface area contributed by atoms with Gasteiger partial charge in [-0.05, 0) is 51.6 Å². The van der Waals surface area contributed by atoms with E-state index in [1.165, 1.54) is 19.3 Å². The molecule has 1 unspecified atom stereocenters. The Labute approximate surface area is 93.0 Å². The van der Waals surface area contributed by atoms with Gasteiger partial charge in [0.1, 0.15) is 5.78 Å². The van der Waals surface area contributed by atoms with Gasteiger partial charge in [-0.15, -0.1) is 0 Å². The summed E-state index contributed by atoms with van der Waals surface area (Å²) < 4.78 is 0. The van der Waals surface area contributed by atoms with Gasteiger partial charge in [-0.25, -0.2) is 0 Å². The normalized spacial score (nSPS) is 26.7. The number of rotatable bonds is 3. The molecule has 0 spiro atoms. The first-order valence-electron chi connectivity index (χ1n) is 6.36. The third-order valence-corrected chi connectivity index (χ3v) is 4.30. The Morgan fingerprint density at radius 2 is 1.60 bits per heavy atom. The van der Waals surface area contributed by atoms with Crippen molar-refractivity contribution in [1.29, 1.82) is 0 Å². The first kappa shape index (κ1) is 11.1. The Morgan fingerprint density at radius 3 is 2.00 bits per heavy atom. The van der Waals surface area contributed by atoms with E-state index in [0.29, 0.717) is 5.78 Å². The Morgan fingerprint density at radius 1 is 1.07 bits per heavy atom. The zero-order valence-electron chi connectivity index (χ0n) is 10.0. The minimum absolute atomic E-state index is 0.484. The molecular weight excluding hydrogens is 186 g/mol. The molecule has 15 heavy (non-hydrogen) atoms. The number of hydrogen-bond donors (Lipinski definition) is 0. The van der Waals surface area contributed by atoms with Gasteiger partial charge in [0.2, 0.25) is 0 Å². The topological polar surface area (TPSA) is 20.3 Å². The summed E-state index contributed by atoms with van der Waals surface area (Å²) in [5, 5.41) is 0. The molecule has 2 rings (SSSR count). The predicted molar refractivity (Wildman–Crippen MR) is 61.8 cm³/mol. The van der Waals surface area contributed by atoms with Gasteiger partial charge in [0, 0.05) is 18.9 Å². The molecule has 0 amide bonds. The third-order valence-electron chi connectivity index (χ3n) is 4.30. The smallest absolute Gasteiger partial charge is 0.132 e. The van der Waals surface area contributed by atoms with Crippen molar-refractivity contribution in [3.05, 3.63) is 0 Å². The second kappa shape index (κ2) is 4.65. The average Bonchev–Trinajstić information content (AvgIpc) is 2.12. The van der Waals surface area contributed by atoms with Crippen LogP contribution in [0.15, 0.2) is 0 Å². The van der Waals surface area contributed by atoms with Crippen molar-refractivity contribution in [1.82, 2.24) is 4.90 Å². The summed E-state index contributed by atoms with van der Waals surface area (Å²) >= 11 is 0. The van der Waals surface area contributed by atoms with Crippen LogP contribution in [-0.2, 0) is 4.79 Å². The van der Waals surface area contributed by atoms with E-state index in [1.54, 1.807) is 0 Å². The fourth-order valence-corrected chi connectivity index (χ4v) is 3.31. The van der Waals surface area contributed by atoms with Gasteiger partial charge in [-0.2, -0.15) is 0 Å². The summed E-state index contributed by atoms with van der Waals surface area (Å²) in [6.07, 6.45) is 8.18. The summed E-state index contributed by atoms with van der Waals surface area (Å²) in [7, 11) is 4.42. The van der Waals surface area contributed by atoms with E-state index in [4.69, 9.17) is 0 Å². The van der Waals surface area contributed by atoms with Crippen molar-refractivity contribution >= 4 is 5.78 Å². The lowest BCUT2D eigenvalue weighted by molar-refractivity contribution is -0.121. The molecule has 0 N–H and O–H groups in total. The molecule has 2 heteroatoms. The maximum absolute atomic E-state index is 11.2. The van der Waals surface area contributed by atoms with Crippen molar-refractivity contribution in [2.45, 2.75) is 51.0 Å². The van der Waals surface area contributed by atoms with E-state index in [2.05, 4.69) is 19.0 Å². The van der Waals surface area contributed by atoms with Crippen LogP contribution in [0.2, 0.25) is 0 Å². The van der Waals surface area contributed by atoms with E-state index >= 15 is 0 Å². The summed E-state index contributed by atoms with van der Waals surface area (Å²) in [5.74, 6) is 2.18. The fraction of sp³-hybridized carbons (Fsp3) is 0.923. The highest BCUT2D eigenvalue weighted by Crippen LogP contribution is 2.39. The van der Waals surface area contributed by atoms with Crippen LogP contribution >= 0.6 is 0 Å². The number of carbonyl (C=O) groups excluding carboxylic acids is 1. The summed E-state index contributed by atoms with van der Waals surface area (Å²) in [5.41, 5.74) is 0. The van der Waals surface area contributed by atoms with Crippen LogP contribution in [-0.4, -0.2) is 30.8 Å². The van der Waals surface area contributed by atoms with Gasteiger partial charge >= 0.3 is 0 Å². The lowest BCUT2D eigenvalue weighted by atomic mass is 9.70. The number of carbonyl (C=O) groups is 1. The number of hydrogen-bond acceptors (Lipinski definition) is 2. The van der Waals surface area contributed by atoms with Crippen molar-refractivity contribution in [2.24, 2.45) is 11.8 Å². The molecule has 2 aliphatic rings. The highest BCUT2D eigenvalue weighted by Gasteiger charge is 2.36. The second-order valence-corrected chi connectivity index (χ2v) is 5.52. The van der Waals surface area contributed by atoms with Crippen molar-refractivity contribution in [3.63, 3.8) is 0 Å². The molecule has 0 aromatic carbocycles. The molecule has 0 aliphatic heterocycles. The lowest BCUT2D eigenvalue weighted by Crippen LogP contribution is -2.45. The molecule has 2 nitrogen and oxygen atoms in total. The van der Waals surface area contributed by atoms with Gasteiger partial charge < -0.3 is 4.90 Å². The zero-order chi connectivity index (χ0) is 10.8. The minimum atomic E-state index is 0.484. The maximum Gasteiger partial charge on any atom is 0.132 e. The highest BCUT2D eigenvalue weighted by atomic mass is 16.1. The van der Waals surface area contributed by atoms with Crippen molar-refractivity contribution < 1.29 is 4.79 Å². The number of Topliss-reactive ketones (excluding diaryl/α,β-unsaturated/α-hetero) is 1. The maximum atomic E-state index is 11.2. The van der Waals surface area contributed by atoms with E-state index in [9.17, 15) is 4.79 Å². The van der Waals surface area contributed by atoms with Crippen LogP contribution in [0, 0.1) is 11.8 Å². The van der Waals surface area contributed by atoms with Crippen LogP contribution in [0.25, 0.3) is 0 Å². The Hall–Kier alpha value is -0.370. The van der Waals surface area contributed by atoms with Gasteiger partial charge in [0.05, 0.1) is 0 Å². The lowest BCUT2D eigenvalue weighted by Gasteiger charge is -2.43. The molecule has 0 saturated heterocycles. The molecule has 0 aromatic heterocycles. The van der Waals surface area contributed by atoms with Crippen LogP contribution in [0.5, 0.6) is 0 Å². The Balaban J connectivity index is 1.95. The van der Waals surface area contributed by atoms with E-state index in [-0.39, 0.29) is 0 Å². The standard InChI is InChI=1S/C13H23NO/c1-14(2)13(10-4-3-5-10)11-6-8-12(15)9-7-11/h10-11,13H,3-9H2,1-2H3. The number of nitrogens with zero attached hydrogens (tertiary/aromatic N) is 1. The van der Waals surface area contributed by atoms with Crippen molar-refractivity contribution in [2.75, 3.05) is 14.1 Å². The Kier molecular flexibility index (Phi) is 3.45. The molecule has 2 fully saturated rings. The monoisotopic (exact) mass is 209 g/mol. The average molecular weight is 209 g/mol. The van der Waals surface area contributed by atoms with E-state index in [1.807, 2.05) is 0 Å². The molecule has 1 atom stereocenters. The first-order valence-corrected chi connectivity index (χ1v) is 6.36. The van der Waals surface area contributed by atoms with Crippen LogP contribution < -0.4 is 0 Å². The zero-order valence-corrected chi connectivity index (χ0v) is 10.0. The summed E-state index contributed by atoms with van der Waals surface area (Å²) in [4.78, 5) is 13.6. The van der Waals surface area contributed by atoms with Gasteiger partial charge in [-0.1, -0.05) is 6.42 Å². The molecule has 86 valence electrons. The minimum Gasteiger partial charge on any atom is -0.306 e. The number of ketones is 1. The Bertz CT molecular complexity index is 223. The van der Waals surface area contributed by atoms with Crippen LogP contribution in [0.3, 0.4) is 0 Å². The fourth-order valence-electron chi connectivity index (χ4n) is 3.31. The quantitative estimate of drug-likeness (QED) is 0.711. The largest absolute Gasteiger partial charge is 0.306 e. The third kappa shape index (κ3) is 2.41. The molecule has 2 aliphatic carbocycles. The molecule has 0 radical (unpaired) electrons. The van der Waals surface area contributed by atoms with E-state index in [0.717, 1.165) is 43.6 Å². The molecule has 0 heterocycles. The van der Waals surface area contributed by atoms with Gasteiger partial charge in [-0.3, -0.25) is 4.79 Å². The SMILES string of the molecule is CN(C)C(C1CCC1)C1CCC(=O)CC1. The molecular formula is C13H23NO. The molecule has 0 aromatic rings. The van der Waals surface area contributed by atoms with Crippen LogP contribution in [0.1, 0.15) is 44.9 Å². The highest BCUT2D eigenvalue weighted by molar-refractivity contribution is 5.79. The van der Waals surface area contributed by atoms with Gasteiger partial charge in [0.25, 0.3) is 0 Å². The van der Waals surface area contributed by atoms with Gasteiger partial charge in [0.15, 0.2) is 0 Å². The van der Waals surface area contributed by atoms with Crippen LogP contribution in [0.4, 0.5) is 0 Å². The molecule has 0 bridgehead atoms. The summed E-state index contributed by atoms with van der Waals surface area (Å²) in [6, 6.07) is 0.742. The summed E-state index contributed by atoms with van der Waals surface area (Å²) in [6.45, 7) is 0. The first-order chi connectivity index (χ1) is 7.18. The van der Waals surface area contributed by atoms with Crippen molar-refractivity contribution in [3.8, 4) is 0 Å². The van der Waals surface area contributed by atoms with E-state index < -0.39 is 0 Å². The second-order valence-electron chi connectivity index (χ2n) is 5.52. The predicted octanol–water partition coefficient (Wildman–Crippen LogP) is 2.48.